The second kappa shape index (κ2) is 8.88. The third kappa shape index (κ3) is 4.19. The van der Waals surface area contributed by atoms with Gasteiger partial charge in [-0.05, 0) is 49.6 Å². The van der Waals surface area contributed by atoms with Crippen molar-refractivity contribution in [2.75, 3.05) is 18.0 Å². The highest BCUT2D eigenvalue weighted by Crippen LogP contribution is 2.22. The normalized spacial score (nSPS) is 14.8. The Morgan fingerprint density at radius 1 is 1.13 bits per heavy atom. The number of carbonyl (C=O) groups is 1. The number of hydrogen-bond donors (Lipinski definition) is 1. The fourth-order valence-corrected chi connectivity index (χ4v) is 4.11. The first-order chi connectivity index (χ1) is 14.6. The smallest absolute Gasteiger partial charge is 0.293 e. The van der Waals surface area contributed by atoms with Crippen LogP contribution < -0.4 is 15.8 Å². The number of piperidine rings is 1. The highest BCUT2D eigenvalue weighted by Gasteiger charge is 2.27. The molecule has 1 saturated heterocycles. The fraction of sp³-hybridized carbons (Fsp3) is 0.348. The molecule has 0 saturated carbocycles. The molecule has 0 radical (unpaired) electrons. The summed E-state index contributed by atoms with van der Waals surface area (Å²) >= 11 is 5.90. The summed E-state index contributed by atoms with van der Waals surface area (Å²) in [7, 11) is 0. The number of hydrogen-bond acceptors (Lipinski definition) is 4. The number of aromatic nitrogens is 2. The molecule has 0 unspecified atom stereocenters. The van der Waals surface area contributed by atoms with Gasteiger partial charge in [0.1, 0.15) is 0 Å². The Labute approximate surface area is 180 Å². The van der Waals surface area contributed by atoms with Gasteiger partial charge in [-0.3, -0.25) is 9.59 Å². The highest BCUT2D eigenvalue weighted by molar-refractivity contribution is 6.30. The fourth-order valence-electron chi connectivity index (χ4n) is 3.99. The predicted octanol–water partition coefficient (Wildman–Crippen LogP) is 3.60. The van der Waals surface area contributed by atoms with Gasteiger partial charge in [0.2, 0.25) is 5.91 Å². The van der Waals surface area contributed by atoms with Gasteiger partial charge in [0.05, 0.1) is 11.0 Å². The van der Waals surface area contributed by atoms with Crippen molar-refractivity contribution in [3.8, 4) is 0 Å². The maximum absolute atomic E-state index is 13.0. The van der Waals surface area contributed by atoms with E-state index >= 15 is 0 Å². The summed E-state index contributed by atoms with van der Waals surface area (Å²) in [6.45, 7) is 4.34. The van der Waals surface area contributed by atoms with Crippen LogP contribution in [0.3, 0.4) is 0 Å². The SMILES string of the molecule is CCn1c(=O)c(N2CCC(C(=O)NCc3ccc(Cl)cc3)CC2)nc2ccccc21. The number of rotatable bonds is 5. The maximum Gasteiger partial charge on any atom is 0.293 e. The molecular weight excluding hydrogens is 400 g/mol. The number of benzene rings is 2. The number of aryl methyl sites for hydroxylation is 1. The Balaban J connectivity index is 1.42. The van der Waals surface area contributed by atoms with Crippen molar-refractivity contribution < 1.29 is 4.79 Å². The summed E-state index contributed by atoms with van der Waals surface area (Å²) in [5, 5.41) is 3.70. The number of amides is 1. The molecule has 0 spiro atoms. The summed E-state index contributed by atoms with van der Waals surface area (Å²) in [6.07, 6.45) is 1.40. The van der Waals surface area contributed by atoms with E-state index in [4.69, 9.17) is 11.6 Å². The van der Waals surface area contributed by atoms with Crippen molar-refractivity contribution in [1.82, 2.24) is 14.9 Å². The van der Waals surface area contributed by atoms with Crippen LogP contribution in [0.5, 0.6) is 0 Å². The molecule has 156 valence electrons. The average molecular weight is 425 g/mol. The van der Waals surface area contributed by atoms with Crippen LogP contribution >= 0.6 is 11.6 Å². The molecular formula is C23H25ClN4O2. The average Bonchev–Trinajstić information content (AvgIpc) is 2.78. The molecule has 30 heavy (non-hydrogen) atoms. The van der Waals surface area contributed by atoms with E-state index in [1.165, 1.54) is 0 Å². The van der Waals surface area contributed by atoms with Crippen LogP contribution in [-0.4, -0.2) is 28.5 Å². The van der Waals surface area contributed by atoms with Gasteiger partial charge in [-0.2, -0.15) is 0 Å². The molecule has 0 atom stereocenters. The van der Waals surface area contributed by atoms with Gasteiger partial charge in [0.25, 0.3) is 5.56 Å². The summed E-state index contributed by atoms with van der Waals surface area (Å²) in [4.78, 5) is 32.2. The number of carbonyl (C=O) groups excluding carboxylic acids is 1. The third-order valence-corrected chi connectivity index (χ3v) is 5.95. The lowest BCUT2D eigenvalue weighted by molar-refractivity contribution is -0.125. The van der Waals surface area contributed by atoms with Crippen LogP contribution in [0.1, 0.15) is 25.3 Å². The van der Waals surface area contributed by atoms with E-state index in [1.54, 1.807) is 4.57 Å². The van der Waals surface area contributed by atoms with Gasteiger partial charge in [0.15, 0.2) is 5.82 Å². The third-order valence-electron chi connectivity index (χ3n) is 5.70. The number of para-hydroxylation sites is 2. The molecule has 1 aliphatic heterocycles. The standard InChI is InChI=1S/C23H25ClN4O2/c1-2-28-20-6-4-3-5-19(20)26-21(23(28)30)27-13-11-17(12-14-27)22(29)25-15-16-7-9-18(24)10-8-16/h3-10,17H,2,11-15H2,1H3,(H,25,29). The van der Waals surface area contributed by atoms with Gasteiger partial charge in [-0.25, -0.2) is 4.98 Å². The number of nitrogens with zero attached hydrogens (tertiary/aromatic N) is 3. The highest BCUT2D eigenvalue weighted by atomic mass is 35.5. The van der Waals surface area contributed by atoms with E-state index in [-0.39, 0.29) is 17.4 Å². The Bertz CT molecular complexity index is 1100. The van der Waals surface area contributed by atoms with Crippen molar-refractivity contribution in [3.05, 3.63) is 69.5 Å². The molecule has 1 aromatic heterocycles. The molecule has 6 nitrogen and oxygen atoms in total. The lowest BCUT2D eigenvalue weighted by atomic mass is 9.96. The zero-order valence-corrected chi connectivity index (χ0v) is 17.7. The van der Waals surface area contributed by atoms with Crippen molar-refractivity contribution in [3.63, 3.8) is 0 Å². The van der Waals surface area contributed by atoms with Crippen molar-refractivity contribution >= 4 is 34.4 Å². The molecule has 2 heterocycles. The van der Waals surface area contributed by atoms with Crippen LogP contribution in [-0.2, 0) is 17.9 Å². The largest absolute Gasteiger partial charge is 0.352 e. The van der Waals surface area contributed by atoms with E-state index < -0.39 is 0 Å². The Hall–Kier alpha value is -2.86. The molecule has 0 bridgehead atoms. The first kappa shape index (κ1) is 20.4. The van der Waals surface area contributed by atoms with E-state index in [2.05, 4.69) is 10.3 Å². The van der Waals surface area contributed by atoms with Gasteiger partial charge in [-0.1, -0.05) is 35.9 Å². The van der Waals surface area contributed by atoms with Crippen LogP contribution in [0.25, 0.3) is 11.0 Å². The van der Waals surface area contributed by atoms with Crippen LogP contribution in [0.4, 0.5) is 5.82 Å². The second-order valence-electron chi connectivity index (χ2n) is 7.58. The quantitative estimate of drug-likeness (QED) is 0.679. The molecule has 0 aliphatic carbocycles. The van der Waals surface area contributed by atoms with Crippen molar-refractivity contribution in [2.45, 2.75) is 32.9 Å². The van der Waals surface area contributed by atoms with Crippen LogP contribution in [0, 0.1) is 5.92 Å². The summed E-state index contributed by atoms with van der Waals surface area (Å²) in [6, 6.07) is 15.2. The predicted molar refractivity (Wildman–Crippen MR) is 120 cm³/mol. The van der Waals surface area contributed by atoms with Gasteiger partial charge < -0.3 is 14.8 Å². The number of anilines is 1. The summed E-state index contributed by atoms with van der Waals surface area (Å²) < 4.78 is 1.77. The summed E-state index contributed by atoms with van der Waals surface area (Å²) in [5.74, 6) is 0.486. The minimum Gasteiger partial charge on any atom is -0.352 e. The van der Waals surface area contributed by atoms with E-state index in [0.29, 0.717) is 49.9 Å². The molecule has 1 amide bonds. The molecule has 4 rings (SSSR count). The van der Waals surface area contributed by atoms with Crippen molar-refractivity contribution in [2.24, 2.45) is 5.92 Å². The monoisotopic (exact) mass is 424 g/mol. The Morgan fingerprint density at radius 3 is 2.53 bits per heavy atom. The molecule has 1 fully saturated rings. The summed E-state index contributed by atoms with van der Waals surface area (Å²) in [5.41, 5.74) is 2.62. The first-order valence-corrected chi connectivity index (χ1v) is 10.7. The molecule has 7 heteroatoms. The Kier molecular flexibility index (Phi) is 6.04. The second-order valence-corrected chi connectivity index (χ2v) is 8.02. The van der Waals surface area contributed by atoms with Gasteiger partial charge in [0, 0.05) is 37.1 Å². The van der Waals surface area contributed by atoms with Gasteiger partial charge in [-0.15, -0.1) is 0 Å². The number of nitrogens with one attached hydrogen (secondary N) is 1. The van der Waals surface area contributed by atoms with Crippen molar-refractivity contribution in [1.29, 1.82) is 0 Å². The number of fused-ring (bicyclic) bond motifs is 1. The number of halogens is 1. The van der Waals surface area contributed by atoms with Gasteiger partial charge >= 0.3 is 0 Å². The van der Waals surface area contributed by atoms with E-state index in [0.717, 1.165) is 16.6 Å². The maximum atomic E-state index is 13.0. The Morgan fingerprint density at radius 2 is 1.83 bits per heavy atom. The minimum absolute atomic E-state index is 0.0533. The lowest BCUT2D eigenvalue weighted by Crippen LogP contribution is -2.43. The topological polar surface area (TPSA) is 67.2 Å². The van der Waals surface area contributed by atoms with Crippen LogP contribution in [0.15, 0.2) is 53.3 Å². The molecule has 1 aliphatic rings. The first-order valence-electron chi connectivity index (χ1n) is 10.3. The molecule has 2 aromatic carbocycles. The molecule has 1 N–H and O–H groups in total. The molecule has 3 aromatic rings. The van der Waals surface area contributed by atoms with E-state index in [1.807, 2.05) is 60.4 Å². The zero-order valence-electron chi connectivity index (χ0n) is 17.0. The minimum atomic E-state index is -0.0677. The zero-order chi connectivity index (χ0) is 21.1. The lowest BCUT2D eigenvalue weighted by Gasteiger charge is -2.32. The van der Waals surface area contributed by atoms with Crippen LogP contribution in [0.2, 0.25) is 5.02 Å². The van der Waals surface area contributed by atoms with E-state index in [9.17, 15) is 9.59 Å².